The van der Waals surface area contributed by atoms with Crippen molar-refractivity contribution in [2.75, 3.05) is 20.6 Å². The lowest BCUT2D eigenvalue weighted by Gasteiger charge is -2.25. The van der Waals surface area contributed by atoms with Crippen LogP contribution in [0.2, 0.25) is 0 Å². The Morgan fingerprint density at radius 1 is 1.00 bits per heavy atom. The van der Waals surface area contributed by atoms with E-state index in [9.17, 15) is 9.90 Å². The van der Waals surface area contributed by atoms with Crippen LogP contribution in [0.15, 0.2) is 66.7 Å². The molecule has 0 saturated carbocycles. The van der Waals surface area contributed by atoms with Gasteiger partial charge in [-0.05, 0) is 42.6 Å². The Kier molecular flexibility index (Phi) is 5.00. The zero-order valence-corrected chi connectivity index (χ0v) is 14.4. The van der Waals surface area contributed by atoms with Crippen LogP contribution in [0.3, 0.4) is 0 Å². The molecular formula is C21H22N2O2. The summed E-state index contributed by atoms with van der Waals surface area (Å²) in [5.41, 5.74) is 1.43. The first-order valence-corrected chi connectivity index (χ1v) is 8.27. The van der Waals surface area contributed by atoms with Gasteiger partial charge in [0.25, 0.3) is 5.91 Å². The summed E-state index contributed by atoms with van der Waals surface area (Å²) in [6.45, 7) is 0.460. The number of likely N-dealkylation sites (N-methyl/N-ethyl adjacent to an activating group) is 1. The molecule has 4 heteroatoms. The monoisotopic (exact) mass is 334 g/mol. The van der Waals surface area contributed by atoms with Gasteiger partial charge in [0.2, 0.25) is 0 Å². The molecule has 0 fully saturated rings. The molecule has 0 bridgehead atoms. The van der Waals surface area contributed by atoms with E-state index in [0.29, 0.717) is 12.1 Å². The van der Waals surface area contributed by atoms with Crippen molar-refractivity contribution in [2.24, 2.45) is 0 Å². The first-order chi connectivity index (χ1) is 12.1. The number of nitrogens with zero attached hydrogens (tertiary/aromatic N) is 1. The van der Waals surface area contributed by atoms with Gasteiger partial charge < -0.3 is 15.3 Å². The van der Waals surface area contributed by atoms with Crippen LogP contribution >= 0.6 is 0 Å². The molecule has 0 aliphatic carbocycles. The van der Waals surface area contributed by atoms with Gasteiger partial charge in [0.15, 0.2) is 0 Å². The van der Waals surface area contributed by atoms with Gasteiger partial charge in [-0.3, -0.25) is 4.79 Å². The second-order valence-corrected chi connectivity index (χ2v) is 6.32. The number of amides is 1. The fraction of sp³-hybridized carbons (Fsp3) is 0.190. The molecule has 3 aromatic rings. The number of carbonyl (C=O) groups is 1. The molecule has 128 valence electrons. The fourth-order valence-corrected chi connectivity index (χ4v) is 2.97. The van der Waals surface area contributed by atoms with E-state index in [1.807, 2.05) is 68.7 Å². The second-order valence-electron chi connectivity index (χ2n) is 6.32. The third-order valence-corrected chi connectivity index (χ3v) is 4.37. The number of nitrogens with one attached hydrogen (secondary N) is 1. The van der Waals surface area contributed by atoms with Crippen molar-refractivity contribution in [2.45, 2.75) is 6.04 Å². The highest BCUT2D eigenvalue weighted by Crippen LogP contribution is 2.25. The summed E-state index contributed by atoms with van der Waals surface area (Å²) in [4.78, 5) is 14.6. The van der Waals surface area contributed by atoms with Crippen molar-refractivity contribution in [3.63, 3.8) is 0 Å². The molecule has 1 atom stereocenters. The van der Waals surface area contributed by atoms with E-state index in [0.717, 1.165) is 16.3 Å². The predicted octanol–water partition coefficient (Wildman–Crippen LogP) is 3.58. The van der Waals surface area contributed by atoms with Gasteiger partial charge in [-0.2, -0.15) is 0 Å². The second kappa shape index (κ2) is 7.36. The summed E-state index contributed by atoms with van der Waals surface area (Å²) in [7, 11) is 3.97. The highest BCUT2D eigenvalue weighted by atomic mass is 16.3. The molecule has 0 heterocycles. The van der Waals surface area contributed by atoms with Gasteiger partial charge >= 0.3 is 0 Å². The molecule has 0 radical (unpaired) electrons. The van der Waals surface area contributed by atoms with E-state index in [1.165, 1.54) is 0 Å². The first kappa shape index (κ1) is 17.0. The molecule has 0 spiro atoms. The summed E-state index contributed by atoms with van der Waals surface area (Å²) in [5, 5.41) is 15.0. The minimum atomic E-state index is -0.272. The van der Waals surface area contributed by atoms with Crippen LogP contribution in [-0.4, -0.2) is 36.6 Å². The number of aromatic hydroxyl groups is 1. The molecule has 0 aliphatic rings. The molecule has 25 heavy (non-hydrogen) atoms. The van der Waals surface area contributed by atoms with E-state index in [4.69, 9.17) is 0 Å². The van der Waals surface area contributed by atoms with Crippen LogP contribution in [0.25, 0.3) is 10.8 Å². The van der Waals surface area contributed by atoms with Crippen molar-refractivity contribution < 1.29 is 9.90 Å². The maximum atomic E-state index is 12.6. The number of phenols is 1. The minimum Gasteiger partial charge on any atom is -0.507 e. The van der Waals surface area contributed by atoms with E-state index >= 15 is 0 Å². The van der Waals surface area contributed by atoms with E-state index in [2.05, 4.69) is 10.2 Å². The van der Waals surface area contributed by atoms with Crippen molar-refractivity contribution in [3.8, 4) is 5.75 Å². The molecule has 3 rings (SSSR count). The third-order valence-electron chi connectivity index (χ3n) is 4.37. The van der Waals surface area contributed by atoms with Gasteiger partial charge in [0.05, 0.1) is 11.6 Å². The molecule has 2 N–H and O–H groups in total. The standard InChI is InChI=1S/C21H22N2O2/c1-23(2)19(15-8-4-3-5-9-15)14-22-21(25)18-12-16-10-6-7-11-17(16)13-20(18)24/h3-13,19,24H,14H2,1-2H3,(H,22,25). The summed E-state index contributed by atoms with van der Waals surface area (Å²) >= 11 is 0. The number of benzene rings is 3. The zero-order chi connectivity index (χ0) is 17.8. The van der Waals surface area contributed by atoms with Crippen LogP contribution < -0.4 is 5.32 Å². The Morgan fingerprint density at radius 3 is 2.24 bits per heavy atom. The van der Waals surface area contributed by atoms with Crippen LogP contribution in [0.4, 0.5) is 0 Å². The Morgan fingerprint density at radius 2 is 1.60 bits per heavy atom. The quantitative estimate of drug-likeness (QED) is 0.750. The number of rotatable bonds is 5. The van der Waals surface area contributed by atoms with Gasteiger partial charge in [-0.15, -0.1) is 0 Å². The predicted molar refractivity (Wildman–Crippen MR) is 101 cm³/mol. The first-order valence-electron chi connectivity index (χ1n) is 8.27. The molecule has 1 amide bonds. The van der Waals surface area contributed by atoms with Gasteiger partial charge in [-0.1, -0.05) is 54.6 Å². The number of carbonyl (C=O) groups excluding carboxylic acids is 1. The summed E-state index contributed by atoms with van der Waals surface area (Å²) in [5.74, 6) is -0.275. The average molecular weight is 334 g/mol. The zero-order valence-electron chi connectivity index (χ0n) is 14.4. The largest absolute Gasteiger partial charge is 0.507 e. The lowest BCUT2D eigenvalue weighted by molar-refractivity contribution is 0.0939. The van der Waals surface area contributed by atoms with Crippen molar-refractivity contribution in [1.82, 2.24) is 10.2 Å². The Bertz CT molecular complexity index is 875. The number of fused-ring (bicyclic) bond motifs is 1. The Hall–Kier alpha value is -2.85. The highest BCUT2D eigenvalue weighted by molar-refractivity contribution is 6.01. The molecule has 0 aromatic heterocycles. The van der Waals surface area contributed by atoms with Gasteiger partial charge in [0.1, 0.15) is 5.75 Å². The van der Waals surface area contributed by atoms with Gasteiger partial charge in [-0.25, -0.2) is 0 Å². The van der Waals surface area contributed by atoms with E-state index < -0.39 is 0 Å². The molecular weight excluding hydrogens is 312 g/mol. The molecule has 0 saturated heterocycles. The molecule has 1 unspecified atom stereocenters. The lowest BCUT2D eigenvalue weighted by Crippen LogP contribution is -2.34. The van der Waals surface area contributed by atoms with Crippen LogP contribution in [0.1, 0.15) is 22.0 Å². The topological polar surface area (TPSA) is 52.6 Å². The third kappa shape index (κ3) is 3.80. The molecule has 3 aromatic carbocycles. The van der Waals surface area contributed by atoms with E-state index in [1.54, 1.807) is 12.1 Å². The lowest BCUT2D eigenvalue weighted by atomic mass is 10.0. The summed E-state index contributed by atoms with van der Waals surface area (Å²) in [6.07, 6.45) is 0. The number of phenolic OH excluding ortho intramolecular Hbond substituents is 1. The number of hydrogen-bond acceptors (Lipinski definition) is 3. The van der Waals surface area contributed by atoms with Crippen molar-refractivity contribution in [3.05, 3.63) is 77.9 Å². The summed E-state index contributed by atoms with van der Waals surface area (Å²) in [6, 6.07) is 21.1. The smallest absolute Gasteiger partial charge is 0.255 e. The minimum absolute atomic E-state index is 0.00249. The normalized spacial score (nSPS) is 12.3. The average Bonchev–Trinajstić information content (AvgIpc) is 2.61. The molecule has 4 nitrogen and oxygen atoms in total. The van der Waals surface area contributed by atoms with Crippen LogP contribution in [-0.2, 0) is 0 Å². The summed E-state index contributed by atoms with van der Waals surface area (Å²) < 4.78 is 0. The van der Waals surface area contributed by atoms with E-state index in [-0.39, 0.29) is 17.7 Å². The van der Waals surface area contributed by atoms with Crippen LogP contribution in [0.5, 0.6) is 5.75 Å². The van der Waals surface area contributed by atoms with Crippen molar-refractivity contribution >= 4 is 16.7 Å². The Balaban J connectivity index is 1.79. The fourth-order valence-electron chi connectivity index (χ4n) is 2.97. The Labute approximate surface area is 147 Å². The van der Waals surface area contributed by atoms with Crippen molar-refractivity contribution in [1.29, 1.82) is 0 Å². The maximum absolute atomic E-state index is 12.6. The molecule has 0 aliphatic heterocycles. The highest BCUT2D eigenvalue weighted by Gasteiger charge is 2.17. The van der Waals surface area contributed by atoms with Gasteiger partial charge in [0, 0.05) is 6.54 Å². The number of hydrogen-bond donors (Lipinski definition) is 2. The maximum Gasteiger partial charge on any atom is 0.255 e. The SMILES string of the molecule is CN(C)C(CNC(=O)c1cc2ccccc2cc1O)c1ccccc1. The van der Waals surface area contributed by atoms with Crippen LogP contribution in [0, 0.1) is 0 Å².